The maximum absolute atomic E-state index is 12.3. The van der Waals surface area contributed by atoms with Crippen molar-refractivity contribution in [2.45, 2.75) is 32.6 Å². The SMILES string of the molecule is CC1CCCN(C(=O)N2CCC[C@H](C(=O)O)C2)C1. The Hall–Kier alpha value is -1.26. The summed E-state index contributed by atoms with van der Waals surface area (Å²) >= 11 is 0. The Bertz CT molecular complexity index is 332. The Morgan fingerprint density at radius 1 is 1.06 bits per heavy atom. The van der Waals surface area contributed by atoms with Crippen LogP contribution in [0, 0.1) is 11.8 Å². The molecule has 0 radical (unpaired) electrons. The predicted molar refractivity (Wildman–Crippen MR) is 67.3 cm³/mol. The number of rotatable bonds is 1. The van der Waals surface area contributed by atoms with Crippen LogP contribution in [0.3, 0.4) is 0 Å². The van der Waals surface area contributed by atoms with Crippen molar-refractivity contribution in [1.82, 2.24) is 9.80 Å². The number of carbonyl (C=O) groups is 2. The third-order valence-electron chi connectivity index (χ3n) is 3.97. The minimum atomic E-state index is -0.778. The zero-order valence-electron chi connectivity index (χ0n) is 11.0. The van der Waals surface area contributed by atoms with Gasteiger partial charge in [0.05, 0.1) is 5.92 Å². The molecular formula is C13H22N2O3. The first kappa shape index (κ1) is 13.2. The normalized spacial score (nSPS) is 29.2. The number of hydrogen-bond donors (Lipinski definition) is 1. The average Bonchev–Trinajstić information content (AvgIpc) is 2.38. The summed E-state index contributed by atoms with van der Waals surface area (Å²) in [6, 6.07) is 0.0347. The summed E-state index contributed by atoms with van der Waals surface area (Å²) < 4.78 is 0. The fourth-order valence-corrected chi connectivity index (χ4v) is 2.92. The van der Waals surface area contributed by atoms with E-state index < -0.39 is 5.97 Å². The summed E-state index contributed by atoms with van der Waals surface area (Å²) in [5, 5.41) is 9.04. The number of carboxylic acids is 1. The van der Waals surface area contributed by atoms with Gasteiger partial charge in [0.1, 0.15) is 0 Å². The fourth-order valence-electron chi connectivity index (χ4n) is 2.92. The van der Waals surface area contributed by atoms with E-state index in [4.69, 9.17) is 5.11 Å². The van der Waals surface area contributed by atoms with E-state index in [0.29, 0.717) is 25.4 Å². The molecule has 2 aliphatic heterocycles. The number of carboxylic acid groups (broad SMARTS) is 1. The first-order valence-electron chi connectivity index (χ1n) is 6.84. The third-order valence-corrected chi connectivity index (χ3v) is 3.97. The minimum Gasteiger partial charge on any atom is -0.481 e. The molecule has 2 atom stereocenters. The summed E-state index contributed by atoms with van der Waals surface area (Å²) in [6.07, 6.45) is 3.73. The van der Waals surface area contributed by atoms with Crippen LogP contribution in [-0.4, -0.2) is 53.1 Å². The molecule has 2 saturated heterocycles. The molecule has 0 aromatic heterocycles. The van der Waals surface area contributed by atoms with Gasteiger partial charge in [0, 0.05) is 26.2 Å². The topological polar surface area (TPSA) is 60.9 Å². The number of hydrogen-bond acceptors (Lipinski definition) is 2. The van der Waals surface area contributed by atoms with Gasteiger partial charge in [-0.2, -0.15) is 0 Å². The zero-order chi connectivity index (χ0) is 13.1. The van der Waals surface area contributed by atoms with Crippen molar-refractivity contribution < 1.29 is 14.7 Å². The Morgan fingerprint density at radius 2 is 1.67 bits per heavy atom. The highest BCUT2D eigenvalue weighted by Crippen LogP contribution is 2.21. The molecule has 0 aromatic carbocycles. The quantitative estimate of drug-likeness (QED) is 0.773. The molecule has 1 N–H and O–H groups in total. The lowest BCUT2D eigenvalue weighted by molar-refractivity contribution is -0.143. The van der Waals surface area contributed by atoms with Crippen LogP contribution in [0.5, 0.6) is 0 Å². The van der Waals surface area contributed by atoms with Crippen molar-refractivity contribution in [1.29, 1.82) is 0 Å². The van der Waals surface area contributed by atoms with Gasteiger partial charge in [0.25, 0.3) is 0 Å². The largest absolute Gasteiger partial charge is 0.481 e. The summed E-state index contributed by atoms with van der Waals surface area (Å²) in [7, 11) is 0. The standard InChI is InChI=1S/C13H22N2O3/c1-10-4-2-6-14(8-10)13(18)15-7-3-5-11(9-15)12(16)17/h10-11H,2-9H2,1H3,(H,16,17)/t10?,11-/m0/s1. The highest BCUT2D eigenvalue weighted by Gasteiger charge is 2.31. The Kier molecular flexibility index (Phi) is 4.09. The van der Waals surface area contributed by atoms with Crippen LogP contribution in [0.2, 0.25) is 0 Å². The Morgan fingerprint density at radius 3 is 2.28 bits per heavy atom. The van der Waals surface area contributed by atoms with Gasteiger partial charge in [0.15, 0.2) is 0 Å². The molecule has 102 valence electrons. The van der Waals surface area contributed by atoms with E-state index in [9.17, 15) is 9.59 Å². The summed E-state index contributed by atoms with van der Waals surface area (Å²) in [5.41, 5.74) is 0. The number of aliphatic carboxylic acids is 1. The maximum atomic E-state index is 12.3. The van der Waals surface area contributed by atoms with E-state index in [1.807, 2.05) is 4.90 Å². The van der Waals surface area contributed by atoms with Crippen molar-refractivity contribution in [2.75, 3.05) is 26.2 Å². The second kappa shape index (κ2) is 5.59. The lowest BCUT2D eigenvalue weighted by atomic mass is 9.98. The molecule has 2 aliphatic rings. The fraction of sp³-hybridized carbons (Fsp3) is 0.846. The Labute approximate surface area is 108 Å². The lowest BCUT2D eigenvalue weighted by Gasteiger charge is -2.38. The highest BCUT2D eigenvalue weighted by molar-refractivity contribution is 5.76. The van der Waals surface area contributed by atoms with Gasteiger partial charge in [-0.25, -0.2) is 4.79 Å². The first-order chi connectivity index (χ1) is 8.58. The molecule has 0 aromatic rings. The molecule has 5 nitrogen and oxygen atoms in total. The molecule has 2 amide bonds. The van der Waals surface area contributed by atoms with Crippen LogP contribution >= 0.6 is 0 Å². The maximum Gasteiger partial charge on any atom is 0.320 e. The summed E-state index contributed by atoms with van der Waals surface area (Å²) in [5.74, 6) is -0.604. The van der Waals surface area contributed by atoms with Gasteiger partial charge < -0.3 is 14.9 Å². The lowest BCUT2D eigenvalue weighted by Crippen LogP contribution is -2.51. The molecule has 1 unspecified atom stereocenters. The van der Waals surface area contributed by atoms with Crippen molar-refractivity contribution in [2.24, 2.45) is 11.8 Å². The van der Waals surface area contributed by atoms with Crippen LogP contribution in [0.4, 0.5) is 4.79 Å². The number of piperidine rings is 2. The smallest absolute Gasteiger partial charge is 0.320 e. The summed E-state index contributed by atoms with van der Waals surface area (Å²) in [4.78, 5) is 26.9. The first-order valence-corrected chi connectivity index (χ1v) is 6.84. The second-order valence-corrected chi connectivity index (χ2v) is 5.60. The van der Waals surface area contributed by atoms with E-state index in [-0.39, 0.29) is 11.9 Å². The molecule has 0 spiro atoms. The Balaban J connectivity index is 1.93. The van der Waals surface area contributed by atoms with Gasteiger partial charge in [-0.15, -0.1) is 0 Å². The minimum absolute atomic E-state index is 0.0347. The van der Waals surface area contributed by atoms with Crippen molar-refractivity contribution in [3.05, 3.63) is 0 Å². The van der Waals surface area contributed by atoms with Gasteiger partial charge in [-0.1, -0.05) is 6.92 Å². The molecule has 2 fully saturated rings. The van der Waals surface area contributed by atoms with Crippen molar-refractivity contribution >= 4 is 12.0 Å². The molecule has 0 saturated carbocycles. The predicted octanol–water partition coefficient (Wildman–Crippen LogP) is 1.63. The molecular weight excluding hydrogens is 232 g/mol. The van der Waals surface area contributed by atoms with Crippen LogP contribution in [0.1, 0.15) is 32.6 Å². The number of carbonyl (C=O) groups excluding carboxylic acids is 1. The van der Waals surface area contributed by atoms with Gasteiger partial charge >= 0.3 is 12.0 Å². The number of urea groups is 1. The number of amides is 2. The van der Waals surface area contributed by atoms with E-state index in [1.54, 1.807) is 4.90 Å². The van der Waals surface area contributed by atoms with Crippen molar-refractivity contribution in [3.63, 3.8) is 0 Å². The van der Waals surface area contributed by atoms with Crippen LogP contribution in [0.25, 0.3) is 0 Å². The van der Waals surface area contributed by atoms with Gasteiger partial charge in [-0.05, 0) is 31.6 Å². The number of nitrogens with zero attached hydrogens (tertiary/aromatic N) is 2. The van der Waals surface area contributed by atoms with Crippen LogP contribution < -0.4 is 0 Å². The van der Waals surface area contributed by atoms with E-state index in [0.717, 1.165) is 25.9 Å². The average molecular weight is 254 g/mol. The van der Waals surface area contributed by atoms with Crippen molar-refractivity contribution in [3.8, 4) is 0 Å². The molecule has 2 rings (SSSR count). The number of likely N-dealkylation sites (tertiary alicyclic amines) is 2. The van der Waals surface area contributed by atoms with E-state index >= 15 is 0 Å². The second-order valence-electron chi connectivity index (χ2n) is 5.60. The highest BCUT2D eigenvalue weighted by atomic mass is 16.4. The van der Waals surface area contributed by atoms with Gasteiger partial charge in [0.2, 0.25) is 0 Å². The third kappa shape index (κ3) is 2.94. The van der Waals surface area contributed by atoms with E-state index in [2.05, 4.69) is 6.92 Å². The molecule has 0 bridgehead atoms. The van der Waals surface area contributed by atoms with E-state index in [1.165, 1.54) is 6.42 Å². The molecule has 5 heteroatoms. The zero-order valence-corrected chi connectivity index (χ0v) is 11.0. The summed E-state index contributed by atoms with van der Waals surface area (Å²) in [6.45, 7) is 4.87. The molecule has 0 aliphatic carbocycles. The molecule has 2 heterocycles. The molecule has 18 heavy (non-hydrogen) atoms. The van der Waals surface area contributed by atoms with Gasteiger partial charge in [-0.3, -0.25) is 4.79 Å². The van der Waals surface area contributed by atoms with Crippen LogP contribution in [-0.2, 0) is 4.79 Å². The van der Waals surface area contributed by atoms with Crippen LogP contribution in [0.15, 0.2) is 0 Å². The monoisotopic (exact) mass is 254 g/mol.